The third kappa shape index (κ3) is 1.60. The van der Waals surface area contributed by atoms with Gasteiger partial charge in [-0.2, -0.15) is 0 Å². The van der Waals surface area contributed by atoms with Crippen LogP contribution in [-0.2, 0) is 0 Å². The summed E-state index contributed by atoms with van der Waals surface area (Å²) in [5, 5.41) is 13.9. The summed E-state index contributed by atoms with van der Waals surface area (Å²) in [5.74, 6) is 0.413. The van der Waals surface area contributed by atoms with Crippen molar-refractivity contribution in [3.05, 3.63) is 0 Å². The lowest BCUT2D eigenvalue weighted by Gasteiger charge is -2.12. The predicted octanol–water partition coefficient (Wildman–Crippen LogP) is -0.138. The van der Waals surface area contributed by atoms with Crippen LogP contribution in [0, 0.1) is 5.92 Å². The molecule has 0 aromatic rings. The van der Waals surface area contributed by atoms with E-state index >= 15 is 0 Å². The van der Waals surface area contributed by atoms with E-state index in [0.29, 0.717) is 5.92 Å². The van der Waals surface area contributed by atoms with E-state index in [0.717, 1.165) is 13.1 Å². The minimum Gasteiger partial charge on any atom is -0.465 e. The molecule has 58 valence electrons. The maximum atomic E-state index is 10.2. The Hall–Kier alpha value is -0.770. The van der Waals surface area contributed by atoms with Gasteiger partial charge >= 0.3 is 6.09 Å². The van der Waals surface area contributed by atoms with Crippen LogP contribution in [0.25, 0.3) is 0 Å². The van der Waals surface area contributed by atoms with Crippen molar-refractivity contribution >= 4 is 6.09 Å². The number of carboxylic acid groups (broad SMARTS) is 1. The summed E-state index contributed by atoms with van der Waals surface area (Å²) in [6.45, 7) is 3.69. The second kappa shape index (κ2) is 2.88. The van der Waals surface area contributed by atoms with Gasteiger partial charge < -0.3 is 15.7 Å². The second-order valence-electron chi connectivity index (χ2n) is 2.69. The van der Waals surface area contributed by atoms with E-state index in [1.165, 1.54) is 0 Å². The average Bonchev–Trinajstić information content (AvgIpc) is 2.15. The van der Waals surface area contributed by atoms with Crippen molar-refractivity contribution < 1.29 is 9.90 Å². The average molecular weight is 144 g/mol. The number of amides is 1. The van der Waals surface area contributed by atoms with Gasteiger partial charge in [-0.3, -0.25) is 0 Å². The van der Waals surface area contributed by atoms with Gasteiger partial charge in [-0.1, -0.05) is 6.92 Å². The fourth-order valence-electron chi connectivity index (χ4n) is 1.16. The fraction of sp³-hybridized carbons (Fsp3) is 0.833. The zero-order valence-electron chi connectivity index (χ0n) is 5.92. The first-order chi connectivity index (χ1) is 4.70. The van der Waals surface area contributed by atoms with Crippen LogP contribution < -0.4 is 10.6 Å². The summed E-state index contributed by atoms with van der Waals surface area (Å²) in [6.07, 6.45) is -0.930. The standard InChI is InChI=1S/C6H12N2O2/c1-4-2-7-3-5(4)8-6(9)10/h4-5,7-8H,2-3H2,1H3,(H,9,10)/t4?,5-/m0/s1. The Labute approximate surface area is 59.6 Å². The number of hydrogen-bond acceptors (Lipinski definition) is 2. The lowest BCUT2D eigenvalue weighted by Crippen LogP contribution is -2.38. The Morgan fingerprint density at radius 1 is 1.70 bits per heavy atom. The van der Waals surface area contributed by atoms with Gasteiger partial charge in [0.05, 0.1) is 0 Å². The smallest absolute Gasteiger partial charge is 0.404 e. The molecule has 1 aliphatic rings. The molecule has 0 saturated carbocycles. The van der Waals surface area contributed by atoms with Crippen molar-refractivity contribution in [3.8, 4) is 0 Å². The summed E-state index contributed by atoms with van der Waals surface area (Å²) in [5.41, 5.74) is 0. The van der Waals surface area contributed by atoms with Crippen LogP contribution in [0.4, 0.5) is 4.79 Å². The largest absolute Gasteiger partial charge is 0.465 e. The van der Waals surface area contributed by atoms with Crippen molar-refractivity contribution in [2.24, 2.45) is 5.92 Å². The third-order valence-electron chi connectivity index (χ3n) is 1.83. The van der Waals surface area contributed by atoms with E-state index in [2.05, 4.69) is 10.6 Å². The van der Waals surface area contributed by atoms with Crippen molar-refractivity contribution in [1.29, 1.82) is 0 Å². The normalized spacial score (nSPS) is 32.1. The lowest BCUT2D eigenvalue weighted by molar-refractivity contribution is 0.188. The van der Waals surface area contributed by atoms with Crippen LogP contribution in [0.5, 0.6) is 0 Å². The van der Waals surface area contributed by atoms with E-state index in [1.54, 1.807) is 0 Å². The minimum atomic E-state index is -0.930. The number of carbonyl (C=O) groups is 1. The molecule has 1 fully saturated rings. The van der Waals surface area contributed by atoms with E-state index in [4.69, 9.17) is 5.11 Å². The molecule has 10 heavy (non-hydrogen) atoms. The monoisotopic (exact) mass is 144 g/mol. The Morgan fingerprint density at radius 3 is 2.80 bits per heavy atom. The minimum absolute atomic E-state index is 0.0949. The highest BCUT2D eigenvalue weighted by atomic mass is 16.4. The first-order valence-electron chi connectivity index (χ1n) is 3.40. The molecule has 1 unspecified atom stereocenters. The molecule has 1 aliphatic heterocycles. The van der Waals surface area contributed by atoms with E-state index in [-0.39, 0.29) is 6.04 Å². The van der Waals surface area contributed by atoms with Gasteiger partial charge in [0.1, 0.15) is 0 Å². The van der Waals surface area contributed by atoms with Crippen molar-refractivity contribution in [2.75, 3.05) is 13.1 Å². The molecular weight excluding hydrogens is 132 g/mol. The molecule has 1 heterocycles. The van der Waals surface area contributed by atoms with Gasteiger partial charge in [0.15, 0.2) is 0 Å². The van der Waals surface area contributed by atoms with E-state index in [9.17, 15) is 4.79 Å². The topological polar surface area (TPSA) is 61.4 Å². The maximum absolute atomic E-state index is 10.2. The Kier molecular flexibility index (Phi) is 2.11. The molecule has 1 amide bonds. The molecule has 1 rings (SSSR count). The predicted molar refractivity (Wildman–Crippen MR) is 37.0 cm³/mol. The first-order valence-corrected chi connectivity index (χ1v) is 3.40. The van der Waals surface area contributed by atoms with Gasteiger partial charge in [-0.05, 0) is 12.5 Å². The van der Waals surface area contributed by atoms with Gasteiger partial charge in [0.2, 0.25) is 0 Å². The molecule has 0 aliphatic carbocycles. The number of rotatable bonds is 1. The highest BCUT2D eigenvalue weighted by Gasteiger charge is 2.23. The summed E-state index contributed by atoms with van der Waals surface area (Å²) in [4.78, 5) is 10.2. The molecule has 3 N–H and O–H groups in total. The molecule has 0 radical (unpaired) electrons. The SMILES string of the molecule is CC1CNC[C@@H]1NC(=O)O. The van der Waals surface area contributed by atoms with Gasteiger partial charge in [-0.25, -0.2) is 4.79 Å². The third-order valence-corrected chi connectivity index (χ3v) is 1.83. The Balaban J connectivity index is 2.33. The quantitative estimate of drug-likeness (QED) is 0.480. The Bertz CT molecular complexity index is 138. The van der Waals surface area contributed by atoms with Crippen LogP contribution in [-0.4, -0.2) is 30.3 Å². The Morgan fingerprint density at radius 2 is 2.40 bits per heavy atom. The van der Waals surface area contributed by atoms with Gasteiger partial charge in [-0.15, -0.1) is 0 Å². The summed E-state index contributed by atoms with van der Waals surface area (Å²) in [6, 6.07) is 0.0949. The van der Waals surface area contributed by atoms with Gasteiger partial charge in [0, 0.05) is 12.6 Å². The second-order valence-corrected chi connectivity index (χ2v) is 2.69. The molecule has 0 aromatic carbocycles. The van der Waals surface area contributed by atoms with E-state index in [1.807, 2.05) is 6.92 Å². The van der Waals surface area contributed by atoms with Gasteiger partial charge in [0.25, 0.3) is 0 Å². The van der Waals surface area contributed by atoms with Crippen LogP contribution in [0.2, 0.25) is 0 Å². The highest BCUT2D eigenvalue weighted by Crippen LogP contribution is 2.06. The first kappa shape index (κ1) is 7.34. The number of nitrogens with one attached hydrogen (secondary N) is 2. The van der Waals surface area contributed by atoms with E-state index < -0.39 is 6.09 Å². The van der Waals surface area contributed by atoms with Crippen LogP contribution in [0.15, 0.2) is 0 Å². The molecule has 1 saturated heterocycles. The zero-order chi connectivity index (χ0) is 7.56. The molecule has 0 bridgehead atoms. The molecule has 0 spiro atoms. The summed E-state index contributed by atoms with van der Waals surface area (Å²) < 4.78 is 0. The van der Waals surface area contributed by atoms with Crippen LogP contribution in [0.1, 0.15) is 6.92 Å². The molecule has 4 heteroatoms. The van der Waals surface area contributed by atoms with Crippen molar-refractivity contribution in [1.82, 2.24) is 10.6 Å². The molecule has 2 atom stereocenters. The van der Waals surface area contributed by atoms with Crippen molar-refractivity contribution in [3.63, 3.8) is 0 Å². The fourth-order valence-corrected chi connectivity index (χ4v) is 1.16. The van der Waals surface area contributed by atoms with Crippen molar-refractivity contribution in [2.45, 2.75) is 13.0 Å². The highest BCUT2D eigenvalue weighted by molar-refractivity contribution is 5.65. The molecule has 4 nitrogen and oxygen atoms in total. The van der Waals surface area contributed by atoms with Crippen LogP contribution in [0.3, 0.4) is 0 Å². The lowest BCUT2D eigenvalue weighted by atomic mass is 10.1. The number of hydrogen-bond donors (Lipinski definition) is 3. The zero-order valence-corrected chi connectivity index (χ0v) is 5.92. The van der Waals surface area contributed by atoms with Crippen LogP contribution >= 0.6 is 0 Å². The molecular formula is C6H12N2O2. The summed E-state index contributed by atoms with van der Waals surface area (Å²) >= 11 is 0. The summed E-state index contributed by atoms with van der Waals surface area (Å²) in [7, 11) is 0. The molecule has 0 aromatic heterocycles. The maximum Gasteiger partial charge on any atom is 0.404 e.